The number of carbonyl (C=O) groups is 2. The molecule has 0 spiro atoms. The zero-order valence-electron chi connectivity index (χ0n) is 15.7. The molecule has 1 unspecified atom stereocenters. The predicted molar refractivity (Wildman–Crippen MR) is 96.9 cm³/mol. The first-order chi connectivity index (χ1) is 11.6. The van der Waals surface area contributed by atoms with Gasteiger partial charge in [0.1, 0.15) is 0 Å². The van der Waals surface area contributed by atoms with Crippen LogP contribution in [0.5, 0.6) is 0 Å². The monoisotopic (exact) mass is 342 g/mol. The molecule has 4 aliphatic carbocycles. The molecule has 3 heteroatoms. The molecule has 3 saturated carbocycles. The third-order valence-corrected chi connectivity index (χ3v) is 8.61. The van der Waals surface area contributed by atoms with Crippen LogP contribution >= 0.6 is 0 Å². The van der Waals surface area contributed by atoms with Crippen LogP contribution in [0, 0.1) is 28.6 Å². The van der Waals surface area contributed by atoms with Crippen LogP contribution in [0.1, 0.15) is 65.7 Å². The first-order valence-corrected chi connectivity index (χ1v) is 9.80. The average Bonchev–Trinajstić information content (AvgIpc) is 2.84. The molecule has 0 saturated heterocycles. The van der Waals surface area contributed by atoms with E-state index in [-0.39, 0.29) is 17.3 Å². The van der Waals surface area contributed by atoms with Crippen LogP contribution in [0.2, 0.25) is 0 Å². The first kappa shape index (κ1) is 17.2. The molecule has 25 heavy (non-hydrogen) atoms. The minimum atomic E-state index is -1.82. The molecule has 4 rings (SSSR count). The van der Waals surface area contributed by atoms with Crippen LogP contribution < -0.4 is 0 Å². The van der Waals surface area contributed by atoms with Crippen molar-refractivity contribution >= 4 is 11.6 Å². The molecule has 0 aliphatic heterocycles. The van der Waals surface area contributed by atoms with Crippen LogP contribution in [-0.2, 0) is 9.59 Å². The van der Waals surface area contributed by atoms with Gasteiger partial charge in [-0.1, -0.05) is 31.6 Å². The molecule has 0 aromatic rings. The van der Waals surface area contributed by atoms with Gasteiger partial charge in [-0.3, -0.25) is 9.59 Å². The molecule has 0 radical (unpaired) electrons. The third-order valence-electron chi connectivity index (χ3n) is 8.61. The van der Waals surface area contributed by atoms with Crippen molar-refractivity contribution in [1.82, 2.24) is 0 Å². The number of hydrogen-bond donors (Lipinski definition) is 1. The Morgan fingerprint density at radius 3 is 2.52 bits per heavy atom. The lowest BCUT2D eigenvalue weighted by atomic mass is 9.46. The summed E-state index contributed by atoms with van der Waals surface area (Å²) in [5.74, 6) is 0.923. The van der Waals surface area contributed by atoms with Crippen LogP contribution in [0.4, 0.5) is 0 Å². The van der Waals surface area contributed by atoms with E-state index in [0.717, 1.165) is 32.1 Å². The minimum absolute atomic E-state index is 0.234. The average molecular weight is 342 g/mol. The molecule has 0 heterocycles. The largest absolute Gasteiger partial charge is 0.374 e. The Bertz CT molecular complexity index is 704. The van der Waals surface area contributed by atoms with E-state index in [1.807, 2.05) is 0 Å². The quantitative estimate of drug-likeness (QED) is 0.579. The summed E-state index contributed by atoms with van der Waals surface area (Å²) in [6.07, 6.45) is 8.55. The fraction of sp³-hybridized carbons (Fsp3) is 0.727. The Balaban J connectivity index is 1.74. The first-order valence-electron chi connectivity index (χ1n) is 9.80. The fourth-order valence-electron chi connectivity index (χ4n) is 6.91. The van der Waals surface area contributed by atoms with Crippen LogP contribution in [0.25, 0.3) is 0 Å². The summed E-state index contributed by atoms with van der Waals surface area (Å²) in [5.41, 5.74) is 0.801. The van der Waals surface area contributed by atoms with Crippen molar-refractivity contribution in [1.29, 1.82) is 0 Å². The summed E-state index contributed by atoms with van der Waals surface area (Å²) in [4.78, 5) is 24.5. The molecule has 3 fully saturated rings. The highest BCUT2D eigenvalue weighted by molar-refractivity contribution is 6.15. The maximum Gasteiger partial charge on any atom is 0.194 e. The highest BCUT2D eigenvalue weighted by Gasteiger charge is 2.61. The summed E-state index contributed by atoms with van der Waals surface area (Å²) in [7, 11) is 0. The van der Waals surface area contributed by atoms with Gasteiger partial charge in [0.2, 0.25) is 0 Å². The SMILES string of the molecule is C=C1CC[C@H]2[C@@H]3CCC4=CC(=O)C(O)(C(C)=O)C[C@]4(C)[C@H]3CC[C@]12C. The van der Waals surface area contributed by atoms with Gasteiger partial charge in [0.25, 0.3) is 0 Å². The highest BCUT2D eigenvalue weighted by atomic mass is 16.3. The topological polar surface area (TPSA) is 54.4 Å². The third kappa shape index (κ3) is 2.08. The molecule has 6 atom stereocenters. The maximum atomic E-state index is 12.4. The van der Waals surface area contributed by atoms with E-state index in [1.165, 1.54) is 24.5 Å². The van der Waals surface area contributed by atoms with Gasteiger partial charge in [-0.05, 0) is 80.1 Å². The number of hydrogen-bond acceptors (Lipinski definition) is 3. The number of carbonyl (C=O) groups excluding carboxylic acids is 2. The van der Waals surface area contributed by atoms with Crippen LogP contribution in [0.15, 0.2) is 23.8 Å². The van der Waals surface area contributed by atoms with Gasteiger partial charge in [0.15, 0.2) is 17.2 Å². The van der Waals surface area contributed by atoms with Gasteiger partial charge < -0.3 is 5.11 Å². The standard InChI is InChI=1S/C22H30O3/c1-13-5-8-17-16-7-6-15-11-19(24)22(25,14(2)23)12-21(15,4)18(16)9-10-20(13,17)3/h11,16-18,25H,1,5-10,12H2,2-4H3/t16-,17-,18-,20+,21-,22?/m0/s1. The number of fused-ring (bicyclic) bond motifs is 5. The molecular weight excluding hydrogens is 312 g/mol. The van der Waals surface area contributed by atoms with Gasteiger partial charge in [-0.25, -0.2) is 0 Å². The molecule has 0 aromatic heterocycles. The summed E-state index contributed by atoms with van der Waals surface area (Å²) >= 11 is 0. The zero-order chi connectivity index (χ0) is 18.2. The molecule has 0 aromatic carbocycles. The lowest BCUT2D eigenvalue weighted by Crippen LogP contribution is -2.57. The Labute approximate surface area is 150 Å². The Hall–Kier alpha value is -1.22. The van der Waals surface area contributed by atoms with E-state index in [2.05, 4.69) is 20.4 Å². The van der Waals surface area contributed by atoms with Crippen LogP contribution in [-0.4, -0.2) is 22.3 Å². The smallest absolute Gasteiger partial charge is 0.194 e. The predicted octanol–water partition coefficient (Wildman–Crippen LogP) is 4.00. The molecule has 136 valence electrons. The summed E-state index contributed by atoms with van der Waals surface area (Å²) in [6, 6.07) is 0. The second-order valence-electron chi connectivity index (χ2n) is 9.56. The second-order valence-corrected chi connectivity index (χ2v) is 9.56. The van der Waals surface area contributed by atoms with Gasteiger partial charge in [0, 0.05) is 6.42 Å². The minimum Gasteiger partial charge on any atom is -0.374 e. The Kier molecular flexibility index (Phi) is 3.55. The van der Waals surface area contributed by atoms with E-state index in [1.54, 1.807) is 6.08 Å². The highest BCUT2D eigenvalue weighted by Crippen LogP contribution is 2.66. The Morgan fingerprint density at radius 2 is 1.84 bits per heavy atom. The number of rotatable bonds is 1. The van der Waals surface area contributed by atoms with Crippen LogP contribution in [0.3, 0.4) is 0 Å². The zero-order valence-corrected chi connectivity index (χ0v) is 15.7. The lowest BCUT2D eigenvalue weighted by Gasteiger charge is -2.58. The van der Waals surface area contributed by atoms with Crippen molar-refractivity contribution < 1.29 is 14.7 Å². The van der Waals surface area contributed by atoms with Gasteiger partial charge >= 0.3 is 0 Å². The normalized spacial score (nSPS) is 49.1. The summed E-state index contributed by atoms with van der Waals surface area (Å²) in [5, 5.41) is 10.8. The molecule has 3 nitrogen and oxygen atoms in total. The summed E-state index contributed by atoms with van der Waals surface area (Å²) in [6.45, 7) is 10.3. The van der Waals surface area contributed by atoms with E-state index >= 15 is 0 Å². The maximum absolute atomic E-state index is 12.4. The number of ketones is 2. The second kappa shape index (κ2) is 5.16. The van der Waals surface area contributed by atoms with Gasteiger partial charge in [-0.2, -0.15) is 0 Å². The number of aliphatic hydroxyl groups is 1. The molecule has 1 N–H and O–H groups in total. The van der Waals surface area contributed by atoms with E-state index in [9.17, 15) is 14.7 Å². The molecule has 0 bridgehead atoms. The summed E-state index contributed by atoms with van der Waals surface area (Å²) < 4.78 is 0. The van der Waals surface area contributed by atoms with Crippen molar-refractivity contribution in [2.75, 3.05) is 0 Å². The van der Waals surface area contributed by atoms with Gasteiger partial charge in [-0.15, -0.1) is 0 Å². The van der Waals surface area contributed by atoms with Crippen molar-refractivity contribution in [3.63, 3.8) is 0 Å². The Morgan fingerprint density at radius 1 is 1.16 bits per heavy atom. The van der Waals surface area contributed by atoms with Crippen molar-refractivity contribution in [3.8, 4) is 0 Å². The van der Waals surface area contributed by atoms with E-state index < -0.39 is 17.2 Å². The molecule has 4 aliphatic rings. The fourth-order valence-corrected chi connectivity index (χ4v) is 6.91. The van der Waals surface area contributed by atoms with Gasteiger partial charge in [0.05, 0.1) is 0 Å². The van der Waals surface area contributed by atoms with Crippen molar-refractivity contribution in [3.05, 3.63) is 23.8 Å². The number of allylic oxidation sites excluding steroid dienone is 2. The lowest BCUT2D eigenvalue weighted by molar-refractivity contribution is -0.155. The van der Waals surface area contributed by atoms with E-state index in [4.69, 9.17) is 0 Å². The van der Waals surface area contributed by atoms with Crippen molar-refractivity contribution in [2.24, 2.45) is 28.6 Å². The van der Waals surface area contributed by atoms with Crippen molar-refractivity contribution in [2.45, 2.75) is 71.3 Å². The number of Topliss-reactive ketones (excluding diaryl/α,β-unsaturated/α-hetero) is 1. The molecule has 0 amide bonds. The molecular formula is C22H30O3. The van der Waals surface area contributed by atoms with E-state index in [0.29, 0.717) is 17.8 Å².